The normalized spacial score (nSPS) is 17.7. The van der Waals surface area contributed by atoms with Gasteiger partial charge in [0.05, 0.1) is 26.4 Å². The fourth-order valence-electron chi connectivity index (χ4n) is 4.66. The highest BCUT2D eigenvalue weighted by Crippen LogP contribution is 2.20. The Kier molecular flexibility index (Phi) is 8.23. The molecule has 0 atom stereocenters. The second-order valence-electron chi connectivity index (χ2n) is 8.97. The number of hydrogen-bond acceptors (Lipinski definition) is 5. The summed E-state index contributed by atoms with van der Waals surface area (Å²) in [5.41, 5.74) is 1.18. The van der Waals surface area contributed by atoms with Crippen LogP contribution in [0.25, 0.3) is 10.9 Å². The van der Waals surface area contributed by atoms with E-state index in [1.54, 1.807) is 4.90 Å². The highest BCUT2D eigenvalue weighted by molar-refractivity contribution is 5.81. The van der Waals surface area contributed by atoms with E-state index in [1.165, 1.54) is 6.42 Å². The predicted molar refractivity (Wildman–Crippen MR) is 129 cm³/mol. The van der Waals surface area contributed by atoms with E-state index >= 15 is 0 Å². The largest absolute Gasteiger partial charge is 0.494 e. The minimum Gasteiger partial charge on any atom is -0.494 e. The van der Waals surface area contributed by atoms with Crippen LogP contribution in [0.5, 0.6) is 5.75 Å². The summed E-state index contributed by atoms with van der Waals surface area (Å²) in [6.07, 6.45) is 5.61. The summed E-state index contributed by atoms with van der Waals surface area (Å²) in [7, 11) is 0. The van der Waals surface area contributed by atoms with Crippen molar-refractivity contribution in [2.24, 2.45) is 0 Å². The highest BCUT2D eigenvalue weighted by atomic mass is 16.5. The minimum atomic E-state index is -0.159. The summed E-state index contributed by atoms with van der Waals surface area (Å²) in [6, 6.07) is 7.66. The van der Waals surface area contributed by atoms with Crippen molar-refractivity contribution in [2.45, 2.75) is 51.6 Å². The Labute approximate surface area is 195 Å². The van der Waals surface area contributed by atoms with Crippen molar-refractivity contribution >= 4 is 16.9 Å². The van der Waals surface area contributed by atoms with Crippen molar-refractivity contribution in [3.8, 4) is 5.75 Å². The lowest BCUT2D eigenvalue weighted by Gasteiger charge is -2.32. The van der Waals surface area contributed by atoms with Gasteiger partial charge in [0.25, 0.3) is 5.56 Å². The van der Waals surface area contributed by atoms with Gasteiger partial charge >= 0.3 is 6.03 Å². The number of H-pyrrole nitrogens is 1. The van der Waals surface area contributed by atoms with Crippen LogP contribution in [0.15, 0.2) is 29.1 Å². The molecule has 8 nitrogen and oxygen atoms in total. The Hall–Kier alpha value is -2.58. The van der Waals surface area contributed by atoms with Gasteiger partial charge in [-0.3, -0.25) is 9.69 Å². The van der Waals surface area contributed by atoms with Gasteiger partial charge in [-0.15, -0.1) is 0 Å². The molecule has 2 aromatic rings. The number of fused-ring (bicyclic) bond motifs is 1. The smallest absolute Gasteiger partial charge is 0.317 e. The number of aromatic amines is 1. The van der Waals surface area contributed by atoms with Gasteiger partial charge in [0.2, 0.25) is 0 Å². The molecule has 2 fully saturated rings. The molecule has 1 saturated carbocycles. The molecule has 0 bridgehead atoms. The third kappa shape index (κ3) is 6.48. The number of ether oxygens (including phenoxy) is 2. The van der Waals surface area contributed by atoms with E-state index in [-0.39, 0.29) is 24.2 Å². The lowest BCUT2D eigenvalue weighted by atomic mass is 9.96. The number of amides is 2. The molecule has 33 heavy (non-hydrogen) atoms. The number of rotatable bonds is 8. The Morgan fingerprint density at radius 3 is 2.76 bits per heavy atom. The number of urea groups is 1. The Balaban J connectivity index is 1.51. The van der Waals surface area contributed by atoms with E-state index in [4.69, 9.17) is 9.47 Å². The predicted octanol–water partition coefficient (Wildman–Crippen LogP) is 3.10. The number of hydrogen-bond donors (Lipinski definition) is 2. The molecule has 2 N–H and O–H groups in total. The van der Waals surface area contributed by atoms with E-state index in [0.29, 0.717) is 18.7 Å². The number of nitrogens with one attached hydrogen (secondary N) is 2. The van der Waals surface area contributed by atoms with Gasteiger partial charge < -0.3 is 24.7 Å². The van der Waals surface area contributed by atoms with Crippen LogP contribution in [0.1, 0.15) is 44.6 Å². The third-order valence-electron chi connectivity index (χ3n) is 6.57. The molecule has 2 heterocycles. The van der Waals surface area contributed by atoms with Gasteiger partial charge in [-0.1, -0.05) is 19.3 Å². The molecular formula is C25H36N4O4. The van der Waals surface area contributed by atoms with Gasteiger partial charge in [0, 0.05) is 48.7 Å². The highest BCUT2D eigenvalue weighted by Gasteiger charge is 2.22. The number of benzene rings is 1. The summed E-state index contributed by atoms with van der Waals surface area (Å²) >= 11 is 0. The van der Waals surface area contributed by atoms with Crippen molar-refractivity contribution < 1.29 is 14.3 Å². The van der Waals surface area contributed by atoms with Crippen LogP contribution >= 0.6 is 0 Å². The molecule has 8 heteroatoms. The first kappa shape index (κ1) is 23.6. The Morgan fingerprint density at radius 1 is 1.21 bits per heavy atom. The molecule has 1 saturated heterocycles. The first-order chi connectivity index (χ1) is 16.1. The monoisotopic (exact) mass is 456 g/mol. The van der Waals surface area contributed by atoms with E-state index < -0.39 is 0 Å². The lowest BCUT2D eigenvalue weighted by molar-refractivity contribution is 0.0345. The molecule has 1 aliphatic heterocycles. The molecular weight excluding hydrogens is 420 g/mol. The van der Waals surface area contributed by atoms with Gasteiger partial charge in [0.15, 0.2) is 0 Å². The summed E-state index contributed by atoms with van der Waals surface area (Å²) < 4.78 is 11.1. The number of pyridine rings is 1. The maximum absolute atomic E-state index is 13.2. The number of morpholine rings is 1. The number of aromatic nitrogens is 1. The van der Waals surface area contributed by atoms with Crippen molar-refractivity contribution in [3.63, 3.8) is 0 Å². The number of carbonyl (C=O) groups is 1. The van der Waals surface area contributed by atoms with E-state index in [9.17, 15) is 9.59 Å². The summed E-state index contributed by atoms with van der Waals surface area (Å²) in [5, 5.41) is 4.12. The summed E-state index contributed by atoms with van der Waals surface area (Å²) in [6.45, 7) is 7.31. The molecule has 0 unspecified atom stereocenters. The molecule has 0 spiro atoms. The molecule has 2 aliphatic rings. The second kappa shape index (κ2) is 11.5. The van der Waals surface area contributed by atoms with Crippen molar-refractivity contribution in [2.75, 3.05) is 46.0 Å². The van der Waals surface area contributed by atoms with Gasteiger partial charge in [-0.05, 0) is 44.0 Å². The molecule has 1 aromatic heterocycles. The van der Waals surface area contributed by atoms with E-state index in [2.05, 4.69) is 15.2 Å². The van der Waals surface area contributed by atoms with Crippen LogP contribution in [-0.2, 0) is 11.3 Å². The van der Waals surface area contributed by atoms with Crippen LogP contribution in [0.2, 0.25) is 0 Å². The fourth-order valence-corrected chi connectivity index (χ4v) is 4.66. The van der Waals surface area contributed by atoms with E-state index in [1.807, 2.05) is 31.2 Å². The minimum absolute atomic E-state index is 0.0854. The van der Waals surface area contributed by atoms with Crippen LogP contribution in [-0.4, -0.2) is 72.9 Å². The molecule has 4 rings (SSSR count). The average molecular weight is 457 g/mol. The summed E-state index contributed by atoms with van der Waals surface area (Å²) in [4.78, 5) is 33.1. The van der Waals surface area contributed by atoms with Gasteiger partial charge in [-0.2, -0.15) is 0 Å². The van der Waals surface area contributed by atoms with E-state index in [0.717, 1.165) is 75.2 Å². The van der Waals surface area contributed by atoms with Gasteiger partial charge in [0.1, 0.15) is 5.75 Å². The maximum atomic E-state index is 13.2. The SMILES string of the molecule is CCOc1ccc2[nH]c(=O)c(CN(CCN3CCOCC3)C(=O)NC3CCCCC3)cc2c1. The van der Waals surface area contributed by atoms with Crippen LogP contribution in [0, 0.1) is 0 Å². The first-order valence-electron chi connectivity index (χ1n) is 12.3. The average Bonchev–Trinajstić information content (AvgIpc) is 2.83. The van der Waals surface area contributed by atoms with Crippen molar-refractivity contribution in [3.05, 3.63) is 40.2 Å². The number of carbonyl (C=O) groups excluding carboxylic acids is 1. The molecule has 2 amide bonds. The Bertz CT molecular complexity index is 980. The standard InChI is InChI=1S/C25H36N4O4/c1-2-33-22-8-9-23-19(17-22)16-20(24(30)27-23)18-29(11-10-28-12-14-32-15-13-28)25(31)26-21-6-4-3-5-7-21/h8-9,16-17,21H,2-7,10-15,18H2,1H3,(H,26,31)(H,27,30). The van der Waals surface area contributed by atoms with Crippen LogP contribution in [0.3, 0.4) is 0 Å². The fraction of sp³-hybridized carbons (Fsp3) is 0.600. The first-order valence-corrected chi connectivity index (χ1v) is 12.3. The van der Waals surface area contributed by atoms with Crippen molar-refractivity contribution in [1.29, 1.82) is 0 Å². The quantitative estimate of drug-likeness (QED) is 0.637. The van der Waals surface area contributed by atoms with Crippen LogP contribution in [0.4, 0.5) is 4.79 Å². The molecule has 180 valence electrons. The van der Waals surface area contributed by atoms with Gasteiger partial charge in [-0.25, -0.2) is 4.79 Å². The molecule has 1 aliphatic carbocycles. The molecule has 1 aromatic carbocycles. The second-order valence-corrected chi connectivity index (χ2v) is 8.97. The van der Waals surface area contributed by atoms with Crippen molar-refractivity contribution in [1.82, 2.24) is 20.1 Å². The third-order valence-corrected chi connectivity index (χ3v) is 6.57. The maximum Gasteiger partial charge on any atom is 0.317 e. The topological polar surface area (TPSA) is 86.9 Å². The summed E-state index contributed by atoms with van der Waals surface area (Å²) in [5.74, 6) is 0.766. The Morgan fingerprint density at radius 2 is 2.00 bits per heavy atom. The number of nitrogens with zero attached hydrogens (tertiary/aromatic N) is 2. The zero-order valence-electron chi connectivity index (χ0n) is 19.6. The zero-order chi connectivity index (χ0) is 23.0. The van der Waals surface area contributed by atoms with Crippen LogP contribution < -0.4 is 15.6 Å². The zero-order valence-corrected chi connectivity index (χ0v) is 19.6. The lowest BCUT2D eigenvalue weighted by Crippen LogP contribution is -2.49. The molecule has 0 radical (unpaired) electrons.